The maximum atomic E-state index is 12.9. The normalized spacial score (nSPS) is 18.5. The number of anilines is 1. The van der Waals surface area contributed by atoms with Crippen LogP contribution in [-0.4, -0.2) is 50.8 Å². The first kappa shape index (κ1) is 18.5. The number of phenols is 1. The molecule has 2 N–H and O–H groups in total. The summed E-state index contributed by atoms with van der Waals surface area (Å²) in [5.74, 6) is 0.123. The summed E-state index contributed by atoms with van der Waals surface area (Å²) in [5, 5.41) is 22.0. The minimum Gasteiger partial charge on any atom is -0.507 e. The number of nitrogens with zero attached hydrogens (tertiary/aromatic N) is 4. The molecule has 3 aromatic rings. The molecule has 2 aromatic heterocycles. The first-order valence-corrected chi connectivity index (χ1v) is 9.02. The highest BCUT2D eigenvalue weighted by Crippen LogP contribution is 2.37. The van der Waals surface area contributed by atoms with E-state index in [4.69, 9.17) is 0 Å². The van der Waals surface area contributed by atoms with Crippen LogP contribution in [0.25, 0.3) is 16.8 Å². The summed E-state index contributed by atoms with van der Waals surface area (Å²) in [4.78, 5) is 2.25. The van der Waals surface area contributed by atoms with Crippen LogP contribution in [0, 0.1) is 0 Å². The number of benzene rings is 1. The molecule has 3 heterocycles. The van der Waals surface area contributed by atoms with Gasteiger partial charge in [0.05, 0.1) is 5.56 Å². The quantitative estimate of drug-likeness (QED) is 0.714. The first-order chi connectivity index (χ1) is 13.3. The number of pyridine rings is 1. The Morgan fingerprint density at radius 2 is 2.00 bits per heavy atom. The summed E-state index contributed by atoms with van der Waals surface area (Å²) in [6, 6.07) is 6.63. The number of aromatic hydroxyl groups is 1. The highest BCUT2D eigenvalue weighted by molar-refractivity contribution is 5.82. The molecule has 0 unspecified atom stereocenters. The predicted molar refractivity (Wildman–Crippen MR) is 99.2 cm³/mol. The lowest BCUT2D eigenvalue weighted by atomic mass is 10.0. The van der Waals surface area contributed by atoms with E-state index in [1.54, 1.807) is 22.7 Å². The number of hydrogen-bond donors (Lipinski definition) is 2. The summed E-state index contributed by atoms with van der Waals surface area (Å²) in [6.45, 7) is 1.96. The molecule has 1 aliphatic heterocycles. The summed E-state index contributed by atoms with van der Waals surface area (Å²) >= 11 is 0. The Morgan fingerprint density at radius 1 is 1.18 bits per heavy atom. The number of fused-ring (bicyclic) bond motifs is 1. The molecule has 0 saturated carbocycles. The summed E-state index contributed by atoms with van der Waals surface area (Å²) in [5.41, 5.74) is 0.347. The monoisotopic (exact) mass is 391 g/mol. The highest BCUT2D eigenvalue weighted by Gasteiger charge is 2.31. The Hall–Kier alpha value is -2.81. The van der Waals surface area contributed by atoms with Crippen molar-refractivity contribution in [3.8, 4) is 16.9 Å². The van der Waals surface area contributed by atoms with E-state index in [2.05, 4.69) is 27.5 Å². The molecule has 0 bridgehead atoms. The van der Waals surface area contributed by atoms with Crippen molar-refractivity contribution < 1.29 is 18.3 Å². The van der Waals surface area contributed by atoms with E-state index in [1.165, 1.54) is 6.07 Å². The molecule has 4 rings (SSSR count). The molecule has 6 nitrogen and oxygen atoms in total. The van der Waals surface area contributed by atoms with Crippen molar-refractivity contribution in [3.05, 3.63) is 42.1 Å². The second-order valence-electron chi connectivity index (χ2n) is 7.11. The van der Waals surface area contributed by atoms with Crippen molar-refractivity contribution >= 4 is 11.6 Å². The van der Waals surface area contributed by atoms with Gasteiger partial charge in [-0.1, -0.05) is 0 Å². The van der Waals surface area contributed by atoms with Gasteiger partial charge in [-0.25, -0.2) is 0 Å². The first-order valence-electron chi connectivity index (χ1n) is 9.02. The van der Waals surface area contributed by atoms with Crippen molar-refractivity contribution in [2.24, 2.45) is 0 Å². The van der Waals surface area contributed by atoms with E-state index in [9.17, 15) is 18.3 Å². The average molecular weight is 391 g/mol. The molecule has 0 aliphatic carbocycles. The number of halogens is 3. The van der Waals surface area contributed by atoms with Crippen molar-refractivity contribution in [2.75, 3.05) is 25.5 Å². The molecule has 1 saturated heterocycles. The van der Waals surface area contributed by atoms with Crippen LogP contribution < -0.4 is 5.32 Å². The average Bonchev–Trinajstić information content (AvgIpc) is 3.04. The van der Waals surface area contributed by atoms with Crippen molar-refractivity contribution in [1.82, 2.24) is 19.5 Å². The number of aromatic nitrogens is 3. The number of phenolic OH excluding ortho intramolecular Hbond substituents is 1. The fraction of sp³-hybridized carbons (Fsp3) is 0.368. The molecular weight excluding hydrogens is 371 g/mol. The van der Waals surface area contributed by atoms with Gasteiger partial charge in [-0.05, 0) is 56.8 Å². The zero-order valence-electron chi connectivity index (χ0n) is 15.2. The van der Waals surface area contributed by atoms with Crippen molar-refractivity contribution in [2.45, 2.75) is 25.1 Å². The topological polar surface area (TPSA) is 65.7 Å². The van der Waals surface area contributed by atoms with Crippen LogP contribution in [0.15, 0.2) is 36.5 Å². The molecular formula is C19H20F3N5O. The molecule has 0 spiro atoms. The molecule has 1 aromatic carbocycles. The fourth-order valence-corrected chi connectivity index (χ4v) is 3.63. The number of hydrogen-bond acceptors (Lipinski definition) is 5. The Morgan fingerprint density at radius 3 is 2.71 bits per heavy atom. The zero-order chi connectivity index (χ0) is 19.9. The van der Waals surface area contributed by atoms with Crippen molar-refractivity contribution in [3.63, 3.8) is 0 Å². The predicted octanol–water partition coefficient (Wildman–Crippen LogP) is 3.63. The summed E-state index contributed by atoms with van der Waals surface area (Å²) < 4.78 is 40.3. The number of nitrogens with one attached hydrogen (secondary N) is 1. The number of likely N-dealkylation sites (N-methyl/N-ethyl adjacent to an activating group) is 1. The van der Waals surface area contributed by atoms with Gasteiger partial charge >= 0.3 is 6.18 Å². The smallest absolute Gasteiger partial charge is 0.416 e. The third kappa shape index (κ3) is 3.49. The van der Waals surface area contributed by atoms with E-state index in [0.29, 0.717) is 17.2 Å². The van der Waals surface area contributed by atoms with Crippen LogP contribution in [0.2, 0.25) is 0 Å². The molecule has 1 aliphatic rings. The summed E-state index contributed by atoms with van der Waals surface area (Å²) in [6.07, 6.45) is -0.607. The second-order valence-corrected chi connectivity index (χ2v) is 7.11. The van der Waals surface area contributed by atoms with E-state index in [-0.39, 0.29) is 11.6 Å². The number of likely N-dealkylation sites (tertiary alicyclic amines) is 1. The van der Waals surface area contributed by atoms with Crippen LogP contribution in [0.3, 0.4) is 0 Å². The third-order valence-corrected chi connectivity index (χ3v) is 5.01. The van der Waals surface area contributed by atoms with Gasteiger partial charge in [-0.3, -0.25) is 4.40 Å². The number of piperidine rings is 1. The number of rotatable bonds is 3. The second kappa shape index (κ2) is 6.97. The largest absolute Gasteiger partial charge is 0.507 e. The third-order valence-electron chi connectivity index (χ3n) is 5.01. The molecule has 9 heteroatoms. The Labute approximate surface area is 159 Å². The van der Waals surface area contributed by atoms with Crippen LogP contribution in [0.1, 0.15) is 18.4 Å². The molecule has 1 atom stereocenters. The van der Waals surface area contributed by atoms with Gasteiger partial charge in [-0.2, -0.15) is 13.2 Å². The van der Waals surface area contributed by atoms with Crippen LogP contribution in [-0.2, 0) is 6.18 Å². The summed E-state index contributed by atoms with van der Waals surface area (Å²) in [7, 11) is 2.07. The number of alkyl halides is 3. The molecule has 0 radical (unpaired) electrons. The molecule has 1 fully saturated rings. The standard InChI is InChI=1S/C19H20F3N5O/c1-26-8-2-4-13(11-26)23-18-25-24-17-15(5-3-9-27(17)18)14-7-6-12(10-16(14)28)19(20,21)22/h3,5-7,9-10,13,28H,2,4,8,11H2,1H3,(H,23,25)/t13-/m0/s1. The zero-order valence-corrected chi connectivity index (χ0v) is 15.2. The van der Waals surface area contributed by atoms with Crippen LogP contribution in [0.4, 0.5) is 19.1 Å². The lowest BCUT2D eigenvalue weighted by Gasteiger charge is -2.30. The van der Waals surface area contributed by atoms with Gasteiger partial charge in [0.2, 0.25) is 5.95 Å². The van der Waals surface area contributed by atoms with E-state index < -0.39 is 17.5 Å². The van der Waals surface area contributed by atoms with Crippen LogP contribution in [0.5, 0.6) is 5.75 Å². The lowest BCUT2D eigenvalue weighted by molar-refractivity contribution is -0.137. The van der Waals surface area contributed by atoms with Crippen molar-refractivity contribution in [1.29, 1.82) is 0 Å². The molecule has 0 amide bonds. The van der Waals surface area contributed by atoms with Gasteiger partial charge < -0.3 is 15.3 Å². The maximum Gasteiger partial charge on any atom is 0.416 e. The minimum absolute atomic E-state index is 0.245. The van der Waals surface area contributed by atoms with Gasteiger partial charge in [0.25, 0.3) is 0 Å². The fourth-order valence-electron chi connectivity index (χ4n) is 3.63. The van der Waals surface area contributed by atoms with Gasteiger partial charge in [0.15, 0.2) is 5.65 Å². The van der Waals surface area contributed by atoms with Gasteiger partial charge in [0, 0.05) is 29.9 Å². The Bertz CT molecular complexity index is 1000. The minimum atomic E-state index is -4.51. The van der Waals surface area contributed by atoms with Gasteiger partial charge in [0.1, 0.15) is 5.75 Å². The van der Waals surface area contributed by atoms with E-state index in [1.807, 2.05) is 0 Å². The lowest BCUT2D eigenvalue weighted by Crippen LogP contribution is -2.40. The molecule has 28 heavy (non-hydrogen) atoms. The van der Waals surface area contributed by atoms with Gasteiger partial charge in [-0.15, -0.1) is 10.2 Å². The SMILES string of the molecule is CN1CCC[C@H](Nc2nnc3c(-c4ccc(C(F)(F)F)cc4O)cccn23)C1. The Kier molecular flexibility index (Phi) is 4.62. The molecule has 148 valence electrons. The highest BCUT2D eigenvalue weighted by atomic mass is 19.4. The van der Waals surface area contributed by atoms with Crippen LogP contribution >= 0.6 is 0 Å². The maximum absolute atomic E-state index is 12.9. The van der Waals surface area contributed by atoms with E-state index >= 15 is 0 Å². The Balaban J connectivity index is 1.69. The van der Waals surface area contributed by atoms with E-state index in [0.717, 1.165) is 38.1 Å².